The molecule has 172 valence electrons. The summed E-state index contributed by atoms with van der Waals surface area (Å²) in [5.74, 6) is -0.509. The van der Waals surface area contributed by atoms with Crippen LogP contribution in [0.4, 0.5) is 8.78 Å². The van der Waals surface area contributed by atoms with E-state index in [4.69, 9.17) is 9.47 Å². The van der Waals surface area contributed by atoms with Gasteiger partial charge in [-0.2, -0.15) is 0 Å². The maximum atomic E-state index is 14.3. The van der Waals surface area contributed by atoms with Crippen molar-refractivity contribution in [1.29, 1.82) is 0 Å². The molecule has 6 heteroatoms. The lowest BCUT2D eigenvalue weighted by molar-refractivity contribution is 0.0503. The van der Waals surface area contributed by atoms with Crippen LogP contribution in [0.25, 0.3) is 0 Å². The molecule has 0 N–H and O–H groups in total. The third-order valence-corrected chi connectivity index (χ3v) is 5.71. The zero-order valence-corrected chi connectivity index (χ0v) is 18.4. The molecule has 1 amide bonds. The summed E-state index contributed by atoms with van der Waals surface area (Å²) >= 11 is 0. The van der Waals surface area contributed by atoms with Crippen LogP contribution in [-0.4, -0.2) is 36.7 Å². The van der Waals surface area contributed by atoms with E-state index in [1.807, 2.05) is 24.3 Å². The van der Waals surface area contributed by atoms with Gasteiger partial charge in [-0.1, -0.05) is 42.5 Å². The van der Waals surface area contributed by atoms with E-state index in [1.165, 1.54) is 18.2 Å². The molecule has 4 rings (SSSR count). The van der Waals surface area contributed by atoms with Crippen LogP contribution in [-0.2, 0) is 17.7 Å². The molecule has 1 saturated heterocycles. The van der Waals surface area contributed by atoms with Gasteiger partial charge >= 0.3 is 0 Å². The molecule has 0 saturated carbocycles. The zero-order valence-electron chi connectivity index (χ0n) is 18.4. The molecule has 0 aromatic heterocycles. The Balaban J connectivity index is 1.44. The van der Waals surface area contributed by atoms with Crippen molar-refractivity contribution in [2.45, 2.75) is 31.9 Å². The van der Waals surface area contributed by atoms with Crippen LogP contribution in [0.3, 0.4) is 0 Å². The third kappa shape index (κ3) is 6.17. The first-order valence-electron chi connectivity index (χ1n) is 11.2. The summed E-state index contributed by atoms with van der Waals surface area (Å²) in [6.45, 7) is 1.71. The van der Waals surface area contributed by atoms with Crippen molar-refractivity contribution in [2.24, 2.45) is 0 Å². The molecule has 0 bridgehead atoms. The standard InChI is InChI=1S/C27H27F2NO3/c28-25-12-3-1-8-21(25)14-16-33-22-9-5-7-20(17-22)18-30(19-23-10-6-15-32-23)27(31)24-11-2-4-13-26(24)29/h1-5,7-9,11-13,17,23H,6,10,14-16,18-19H2/t23-/m0/s1. The van der Waals surface area contributed by atoms with E-state index >= 15 is 0 Å². The minimum atomic E-state index is -0.537. The number of amides is 1. The molecule has 1 heterocycles. The van der Waals surface area contributed by atoms with Crippen LogP contribution in [0, 0.1) is 11.6 Å². The molecule has 3 aromatic carbocycles. The Bertz CT molecular complexity index is 1080. The number of ether oxygens (including phenoxy) is 2. The Morgan fingerprint density at radius 3 is 2.55 bits per heavy atom. The van der Waals surface area contributed by atoms with E-state index in [1.54, 1.807) is 35.2 Å². The van der Waals surface area contributed by atoms with E-state index < -0.39 is 5.82 Å². The average molecular weight is 452 g/mol. The molecule has 0 aliphatic carbocycles. The molecule has 0 radical (unpaired) electrons. The van der Waals surface area contributed by atoms with Crippen LogP contribution < -0.4 is 4.74 Å². The monoisotopic (exact) mass is 451 g/mol. The van der Waals surface area contributed by atoms with Gasteiger partial charge in [0.05, 0.1) is 18.3 Å². The van der Waals surface area contributed by atoms with Crippen LogP contribution in [0.5, 0.6) is 5.75 Å². The van der Waals surface area contributed by atoms with Crippen molar-refractivity contribution in [3.05, 3.63) is 101 Å². The lowest BCUT2D eigenvalue weighted by Gasteiger charge is -2.26. The summed E-state index contributed by atoms with van der Waals surface area (Å²) in [6.07, 6.45) is 2.23. The number of nitrogens with zero attached hydrogens (tertiary/aromatic N) is 1. The fourth-order valence-corrected chi connectivity index (χ4v) is 3.99. The van der Waals surface area contributed by atoms with E-state index in [-0.39, 0.29) is 23.4 Å². The lowest BCUT2D eigenvalue weighted by atomic mass is 10.1. The quantitative estimate of drug-likeness (QED) is 0.437. The van der Waals surface area contributed by atoms with Crippen molar-refractivity contribution in [3.8, 4) is 5.75 Å². The number of benzene rings is 3. The topological polar surface area (TPSA) is 38.8 Å². The van der Waals surface area contributed by atoms with Crippen LogP contribution in [0.1, 0.15) is 34.3 Å². The van der Waals surface area contributed by atoms with Crippen molar-refractivity contribution < 1.29 is 23.0 Å². The highest BCUT2D eigenvalue weighted by Gasteiger charge is 2.25. The van der Waals surface area contributed by atoms with Crippen LogP contribution in [0.15, 0.2) is 72.8 Å². The number of carbonyl (C=O) groups excluding carboxylic acids is 1. The summed E-state index contributed by atoms with van der Waals surface area (Å²) < 4.78 is 39.7. The molecule has 1 aliphatic rings. The van der Waals surface area contributed by atoms with Crippen molar-refractivity contribution in [3.63, 3.8) is 0 Å². The smallest absolute Gasteiger partial charge is 0.257 e. The van der Waals surface area contributed by atoms with Crippen LogP contribution >= 0.6 is 0 Å². The van der Waals surface area contributed by atoms with Gasteiger partial charge in [0.2, 0.25) is 0 Å². The van der Waals surface area contributed by atoms with Gasteiger partial charge in [0.25, 0.3) is 5.91 Å². The largest absolute Gasteiger partial charge is 0.493 e. The first-order chi connectivity index (χ1) is 16.1. The number of hydrogen-bond donors (Lipinski definition) is 0. The molecule has 3 aromatic rings. The van der Waals surface area contributed by atoms with Gasteiger partial charge in [0.15, 0.2) is 0 Å². The van der Waals surface area contributed by atoms with Gasteiger partial charge in [-0.15, -0.1) is 0 Å². The minimum absolute atomic E-state index is 0.0489. The zero-order chi connectivity index (χ0) is 23.0. The van der Waals surface area contributed by atoms with E-state index in [0.29, 0.717) is 44.0 Å². The highest BCUT2D eigenvalue weighted by Crippen LogP contribution is 2.21. The summed E-state index contributed by atoms with van der Waals surface area (Å²) in [6, 6.07) is 20.1. The Labute approximate surface area is 192 Å². The number of halogens is 2. The third-order valence-electron chi connectivity index (χ3n) is 5.71. The van der Waals surface area contributed by atoms with Crippen molar-refractivity contribution in [2.75, 3.05) is 19.8 Å². The van der Waals surface area contributed by atoms with Crippen LogP contribution in [0.2, 0.25) is 0 Å². The number of carbonyl (C=O) groups is 1. The summed E-state index contributed by atoms with van der Waals surface area (Å²) in [5, 5.41) is 0. The second-order valence-corrected chi connectivity index (χ2v) is 8.14. The fraction of sp³-hybridized carbons (Fsp3) is 0.296. The second kappa shape index (κ2) is 11.1. The van der Waals surface area contributed by atoms with Gasteiger partial charge < -0.3 is 14.4 Å². The highest BCUT2D eigenvalue weighted by atomic mass is 19.1. The van der Waals surface area contributed by atoms with E-state index in [0.717, 1.165) is 18.4 Å². The molecule has 0 spiro atoms. The second-order valence-electron chi connectivity index (χ2n) is 8.14. The van der Waals surface area contributed by atoms with Gasteiger partial charge in [-0.25, -0.2) is 8.78 Å². The Morgan fingerprint density at radius 2 is 1.79 bits per heavy atom. The predicted octanol–water partition coefficient (Wildman–Crippen LogP) is 5.41. The van der Waals surface area contributed by atoms with Crippen molar-refractivity contribution >= 4 is 5.91 Å². The molecule has 1 fully saturated rings. The van der Waals surface area contributed by atoms with Crippen molar-refractivity contribution in [1.82, 2.24) is 4.90 Å². The SMILES string of the molecule is O=C(c1ccccc1F)N(Cc1cccc(OCCc2ccccc2F)c1)C[C@@H]1CCCO1. The van der Waals surface area contributed by atoms with Gasteiger partial charge in [-0.05, 0) is 54.3 Å². The van der Waals surface area contributed by atoms with Gasteiger partial charge in [0.1, 0.15) is 17.4 Å². The fourth-order valence-electron chi connectivity index (χ4n) is 3.99. The molecule has 4 nitrogen and oxygen atoms in total. The Hall–Kier alpha value is -3.25. The average Bonchev–Trinajstić information content (AvgIpc) is 3.33. The van der Waals surface area contributed by atoms with Gasteiger partial charge in [-0.3, -0.25) is 4.79 Å². The highest BCUT2D eigenvalue weighted by molar-refractivity contribution is 5.94. The number of hydrogen-bond acceptors (Lipinski definition) is 3. The minimum Gasteiger partial charge on any atom is -0.493 e. The molecule has 1 atom stereocenters. The molecular weight excluding hydrogens is 424 g/mol. The predicted molar refractivity (Wildman–Crippen MR) is 122 cm³/mol. The number of rotatable bonds is 9. The molecule has 33 heavy (non-hydrogen) atoms. The normalized spacial score (nSPS) is 15.4. The van der Waals surface area contributed by atoms with E-state index in [9.17, 15) is 13.6 Å². The molecule has 0 unspecified atom stereocenters. The van der Waals surface area contributed by atoms with Gasteiger partial charge in [0, 0.05) is 26.1 Å². The summed E-state index contributed by atoms with van der Waals surface area (Å²) in [4.78, 5) is 14.8. The molecular formula is C27H27F2NO3. The molecule has 1 aliphatic heterocycles. The first-order valence-corrected chi connectivity index (χ1v) is 11.2. The first kappa shape index (κ1) is 22.9. The van der Waals surface area contributed by atoms with E-state index in [2.05, 4.69) is 0 Å². The maximum Gasteiger partial charge on any atom is 0.257 e. The summed E-state index contributed by atoms with van der Waals surface area (Å²) in [5.41, 5.74) is 1.51. The Morgan fingerprint density at radius 1 is 1.00 bits per heavy atom. The maximum absolute atomic E-state index is 14.3. The Kier molecular flexibility index (Phi) is 7.68. The summed E-state index contributed by atoms with van der Waals surface area (Å²) in [7, 11) is 0. The lowest BCUT2D eigenvalue weighted by Crippen LogP contribution is -2.37.